The predicted molar refractivity (Wildman–Crippen MR) is 134 cm³/mol. The number of pyridine rings is 1. The van der Waals surface area contributed by atoms with Crippen molar-refractivity contribution in [1.29, 1.82) is 0 Å². The van der Waals surface area contributed by atoms with Crippen LogP contribution >= 0.6 is 11.3 Å². The number of carbonyl (C=O) groups excluding carboxylic acids is 1. The molecule has 0 saturated heterocycles. The normalized spacial score (nSPS) is 13.0. The van der Waals surface area contributed by atoms with Gasteiger partial charge in [0.2, 0.25) is 10.0 Å². The predicted octanol–water partition coefficient (Wildman–Crippen LogP) is 4.48. The van der Waals surface area contributed by atoms with E-state index in [9.17, 15) is 13.2 Å². The van der Waals surface area contributed by atoms with Crippen molar-refractivity contribution in [1.82, 2.24) is 24.4 Å². The van der Waals surface area contributed by atoms with Gasteiger partial charge in [-0.2, -0.15) is 5.10 Å². The van der Waals surface area contributed by atoms with Crippen molar-refractivity contribution in [2.75, 3.05) is 14.1 Å². The first-order valence-electron chi connectivity index (χ1n) is 10.8. The third-order valence-corrected chi connectivity index (χ3v) is 8.30. The summed E-state index contributed by atoms with van der Waals surface area (Å²) in [7, 11) is -0.523. The lowest BCUT2D eigenvalue weighted by Crippen LogP contribution is -2.27. The fraction of sp³-hybridized carbons (Fsp3) is 0.292. The first-order valence-corrected chi connectivity index (χ1v) is 13.2. The number of sulfonamides is 1. The number of fused-ring (bicyclic) bond motifs is 1. The van der Waals surface area contributed by atoms with Gasteiger partial charge in [-0.15, -0.1) is 11.3 Å². The molecule has 0 bridgehead atoms. The van der Waals surface area contributed by atoms with Crippen LogP contribution in [0.25, 0.3) is 21.6 Å². The summed E-state index contributed by atoms with van der Waals surface area (Å²) >= 11 is 1.56. The zero-order valence-corrected chi connectivity index (χ0v) is 21.3. The number of nitrogens with one attached hydrogen (secondary N) is 1. The van der Waals surface area contributed by atoms with E-state index in [0.717, 1.165) is 16.1 Å². The Morgan fingerprint density at radius 2 is 1.82 bits per heavy atom. The van der Waals surface area contributed by atoms with Crippen molar-refractivity contribution in [2.24, 2.45) is 0 Å². The van der Waals surface area contributed by atoms with Gasteiger partial charge in [0.25, 0.3) is 5.91 Å². The molecule has 1 aromatic carbocycles. The molecule has 0 fully saturated rings. The number of hydrogen-bond acceptors (Lipinski definition) is 6. The van der Waals surface area contributed by atoms with E-state index in [-0.39, 0.29) is 22.9 Å². The maximum absolute atomic E-state index is 13.4. The zero-order chi connectivity index (χ0) is 24.6. The Labute approximate surface area is 203 Å². The smallest absolute Gasteiger partial charge is 0.252 e. The van der Waals surface area contributed by atoms with E-state index in [1.807, 2.05) is 43.0 Å². The summed E-state index contributed by atoms with van der Waals surface area (Å²) in [6.07, 6.45) is 1.68. The van der Waals surface area contributed by atoms with Gasteiger partial charge < -0.3 is 5.32 Å². The highest BCUT2D eigenvalue weighted by Gasteiger charge is 2.21. The molecule has 0 spiro atoms. The highest BCUT2D eigenvalue weighted by Crippen LogP contribution is 2.29. The highest BCUT2D eigenvalue weighted by atomic mass is 32.2. The molecule has 0 aliphatic carbocycles. The molecule has 0 radical (unpaired) electrons. The summed E-state index contributed by atoms with van der Waals surface area (Å²) in [5, 5.41) is 10.2. The molecule has 1 atom stereocenters. The van der Waals surface area contributed by atoms with Crippen LogP contribution in [-0.4, -0.2) is 47.5 Å². The summed E-state index contributed by atoms with van der Waals surface area (Å²) < 4.78 is 27.6. The van der Waals surface area contributed by atoms with Crippen molar-refractivity contribution >= 4 is 38.3 Å². The van der Waals surface area contributed by atoms with Crippen LogP contribution in [-0.2, 0) is 10.0 Å². The van der Waals surface area contributed by atoms with Crippen LogP contribution < -0.4 is 5.32 Å². The summed E-state index contributed by atoms with van der Waals surface area (Å²) in [5.74, 6) is -0.244. The average molecular weight is 498 g/mol. The first kappa shape index (κ1) is 24.1. The van der Waals surface area contributed by atoms with Gasteiger partial charge >= 0.3 is 0 Å². The average Bonchev–Trinajstić information content (AvgIpc) is 3.48. The topological polar surface area (TPSA) is 97.2 Å². The summed E-state index contributed by atoms with van der Waals surface area (Å²) in [6, 6.07) is 12.0. The van der Waals surface area contributed by atoms with E-state index in [0.29, 0.717) is 16.6 Å². The fourth-order valence-electron chi connectivity index (χ4n) is 3.63. The largest absolute Gasteiger partial charge is 0.345 e. The van der Waals surface area contributed by atoms with Crippen LogP contribution in [0.5, 0.6) is 0 Å². The Morgan fingerprint density at radius 3 is 2.41 bits per heavy atom. The molecule has 178 valence electrons. The first-order chi connectivity index (χ1) is 16.1. The Hall–Kier alpha value is -3.08. The Kier molecular flexibility index (Phi) is 6.57. The van der Waals surface area contributed by atoms with Gasteiger partial charge in [-0.05, 0) is 56.0 Å². The number of benzene rings is 1. The van der Waals surface area contributed by atoms with Gasteiger partial charge in [0.15, 0.2) is 5.65 Å². The molecule has 3 heterocycles. The summed E-state index contributed by atoms with van der Waals surface area (Å²) in [6.45, 7) is 5.91. The minimum Gasteiger partial charge on any atom is -0.345 e. The van der Waals surface area contributed by atoms with Gasteiger partial charge in [-0.3, -0.25) is 4.79 Å². The van der Waals surface area contributed by atoms with Crippen LogP contribution in [0.15, 0.2) is 58.9 Å². The molecule has 10 heteroatoms. The van der Waals surface area contributed by atoms with E-state index < -0.39 is 10.0 Å². The molecule has 0 saturated carbocycles. The molecule has 1 N–H and O–H groups in total. The second kappa shape index (κ2) is 9.28. The number of nitrogens with zero attached hydrogens (tertiary/aromatic N) is 4. The number of amides is 1. The monoisotopic (exact) mass is 497 g/mol. The van der Waals surface area contributed by atoms with Crippen LogP contribution in [0, 0.1) is 0 Å². The highest BCUT2D eigenvalue weighted by molar-refractivity contribution is 7.89. The molecular formula is C24H27N5O3S2. The van der Waals surface area contributed by atoms with E-state index in [2.05, 4.69) is 10.4 Å². The van der Waals surface area contributed by atoms with E-state index >= 15 is 0 Å². The van der Waals surface area contributed by atoms with E-state index in [4.69, 9.17) is 4.98 Å². The number of carbonyl (C=O) groups is 1. The standard InChI is InChI=1S/C24H27N5O3S2/c1-15(2)29-23-20(14-25-29)19(13-21(27-23)22-7-6-12-33-22)24(30)26-16(3)17-8-10-18(11-9-17)34(31,32)28(4)5/h6-16H,1-5H3,(H,26,30). The minimum atomic E-state index is -3.51. The van der Waals surface area contributed by atoms with Crippen molar-refractivity contribution in [3.63, 3.8) is 0 Å². The minimum absolute atomic E-state index is 0.0929. The van der Waals surface area contributed by atoms with Crippen molar-refractivity contribution < 1.29 is 13.2 Å². The molecule has 0 aliphatic heterocycles. The van der Waals surface area contributed by atoms with Crippen LogP contribution in [0.4, 0.5) is 0 Å². The van der Waals surface area contributed by atoms with Crippen LogP contribution in [0.1, 0.15) is 48.8 Å². The second-order valence-electron chi connectivity index (χ2n) is 8.50. The third kappa shape index (κ3) is 4.48. The molecule has 1 amide bonds. The zero-order valence-electron chi connectivity index (χ0n) is 19.7. The summed E-state index contributed by atoms with van der Waals surface area (Å²) in [5.41, 5.74) is 2.68. The van der Waals surface area contributed by atoms with Crippen LogP contribution in [0.3, 0.4) is 0 Å². The fourth-order valence-corrected chi connectivity index (χ4v) is 5.22. The molecule has 4 aromatic rings. The SMILES string of the molecule is CC(NC(=O)c1cc(-c2cccs2)nc2c1cnn2C(C)C)c1ccc(S(=O)(=O)N(C)C)cc1. The quantitative estimate of drug-likeness (QED) is 0.406. The Morgan fingerprint density at radius 1 is 1.12 bits per heavy atom. The van der Waals surface area contributed by atoms with Gasteiger partial charge in [0, 0.05) is 20.1 Å². The number of aromatic nitrogens is 3. The van der Waals surface area contributed by atoms with Crippen molar-refractivity contribution in [3.05, 3.63) is 65.2 Å². The third-order valence-electron chi connectivity index (χ3n) is 5.58. The lowest BCUT2D eigenvalue weighted by atomic mass is 10.1. The second-order valence-corrected chi connectivity index (χ2v) is 11.6. The molecule has 0 aliphatic rings. The number of hydrogen-bond donors (Lipinski definition) is 1. The van der Waals surface area contributed by atoms with Gasteiger partial charge in [-0.1, -0.05) is 18.2 Å². The molecule has 3 aromatic heterocycles. The van der Waals surface area contributed by atoms with E-state index in [1.165, 1.54) is 18.4 Å². The van der Waals surface area contributed by atoms with Crippen molar-refractivity contribution in [2.45, 2.75) is 37.8 Å². The lowest BCUT2D eigenvalue weighted by molar-refractivity contribution is 0.0941. The Balaban J connectivity index is 1.66. The summed E-state index contributed by atoms with van der Waals surface area (Å²) in [4.78, 5) is 19.4. The van der Waals surface area contributed by atoms with Gasteiger partial charge in [0.05, 0.1) is 38.7 Å². The van der Waals surface area contributed by atoms with Crippen molar-refractivity contribution in [3.8, 4) is 10.6 Å². The van der Waals surface area contributed by atoms with E-state index in [1.54, 1.807) is 47.9 Å². The lowest BCUT2D eigenvalue weighted by Gasteiger charge is -2.17. The maximum atomic E-state index is 13.4. The Bertz CT molecular complexity index is 1420. The molecule has 4 rings (SSSR count). The molecule has 34 heavy (non-hydrogen) atoms. The van der Waals surface area contributed by atoms with Gasteiger partial charge in [-0.25, -0.2) is 22.4 Å². The molecule has 1 unspecified atom stereocenters. The molecular weight excluding hydrogens is 470 g/mol. The van der Waals surface area contributed by atoms with Gasteiger partial charge in [0.1, 0.15) is 0 Å². The molecule has 8 nitrogen and oxygen atoms in total. The number of thiophene rings is 1. The maximum Gasteiger partial charge on any atom is 0.252 e. The number of rotatable bonds is 7. The van der Waals surface area contributed by atoms with Crippen LogP contribution in [0.2, 0.25) is 0 Å².